The van der Waals surface area contributed by atoms with Crippen molar-refractivity contribution in [3.05, 3.63) is 12.2 Å². The summed E-state index contributed by atoms with van der Waals surface area (Å²) in [5.41, 5.74) is -10.1. The Bertz CT molecular complexity index is 1150. The van der Waals surface area contributed by atoms with Crippen molar-refractivity contribution in [3.8, 4) is 0 Å². The van der Waals surface area contributed by atoms with Gasteiger partial charge >= 0.3 is 45.4 Å². The topological polar surface area (TPSA) is 121 Å². The van der Waals surface area contributed by atoms with Crippen molar-refractivity contribution in [2.75, 3.05) is 34.5 Å². The van der Waals surface area contributed by atoms with Gasteiger partial charge in [0.1, 0.15) is 13.2 Å². The molecule has 4 bridgehead atoms. The lowest BCUT2D eigenvalue weighted by Gasteiger charge is -2.32. The minimum Gasteiger partial charge on any atom is -0.462 e. The molecule has 2 N–H and O–H groups in total. The number of hydrogen-bond acceptors (Lipinski definition) is 9. The van der Waals surface area contributed by atoms with Crippen LogP contribution in [0.1, 0.15) is 38.5 Å². The summed E-state index contributed by atoms with van der Waals surface area (Å²) < 4.78 is 172. The monoisotopic (exact) mass is 774 g/mol. The van der Waals surface area contributed by atoms with Gasteiger partial charge in [-0.3, -0.25) is 9.59 Å². The molecule has 6 unspecified atom stereocenters. The van der Waals surface area contributed by atoms with Crippen LogP contribution in [0.2, 0.25) is 6.55 Å². The van der Waals surface area contributed by atoms with Gasteiger partial charge in [-0.05, 0) is 55.8 Å². The first-order valence-electron chi connectivity index (χ1n) is 15.0. The Morgan fingerprint density at radius 2 is 1.06 bits per heavy atom. The van der Waals surface area contributed by atoms with Crippen molar-refractivity contribution in [2.24, 2.45) is 35.5 Å². The molecule has 50 heavy (non-hydrogen) atoms. The van der Waals surface area contributed by atoms with Crippen molar-refractivity contribution in [1.29, 1.82) is 0 Å². The zero-order valence-corrected chi connectivity index (χ0v) is 28.1. The second-order valence-electron chi connectivity index (χ2n) is 12.6. The van der Waals surface area contributed by atoms with Crippen LogP contribution in [0.5, 0.6) is 0 Å². The van der Waals surface area contributed by atoms with E-state index in [1.54, 1.807) is 27.4 Å². The van der Waals surface area contributed by atoms with Crippen LogP contribution in [0.3, 0.4) is 0 Å². The van der Waals surface area contributed by atoms with Gasteiger partial charge < -0.3 is 33.0 Å². The molecule has 0 amide bonds. The Hall–Kier alpha value is -2.14. The summed E-state index contributed by atoms with van der Waals surface area (Å²) in [5.74, 6) is -3.49. The predicted molar refractivity (Wildman–Crippen MR) is 146 cm³/mol. The molecule has 22 heteroatoms. The molecule has 0 spiro atoms. The number of aliphatic hydroxyl groups is 2. The fraction of sp³-hybridized carbons (Fsp3) is 0.857. The van der Waals surface area contributed by atoms with Crippen LogP contribution >= 0.6 is 0 Å². The van der Waals surface area contributed by atoms with Gasteiger partial charge in [0, 0.05) is 27.9 Å². The molecule has 0 aromatic rings. The van der Waals surface area contributed by atoms with Crippen LogP contribution in [0, 0.1) is 35.5 Å². The molecule has 0 saturated heterocycles. The van der Waals surface area contributed by atoms with Crippen LogP contribution in [0.25, 0.3) is 0 Å². The van der Waals surface area contributed by atoms with Crippen LogP contribution in [-0.2, 0) is 32.3 Å². The molecule has 3 saturated carbocycles. The van der Waals surface area contributed by atoms with Crippen molar-refractivity contribution in [1.82, 2.24) is 0 Å². The van der Waals surface area contributed by atoms with E-state index in [1.165, 1.54) is 0 Å². The summed E-state index contributed by atoms with van der Waals surface area (Å²) in [7, 11) is 2.58. The zero-order chi connectivity index (χ0) is 38.7. The SMILES string of the molecule is CO[Si](C)(OC)OC.O=C(OCC(O)(C(F)(F)F)C(F)(F)F)C1CC2C=CC1C2.O=C(OCC(O)(C(F)(F)F)C(F)(F)F)C1CC2CCC1C2. The van der Waals surface area contributed by atoms with Crippen molar-refractivity contribution < 1.29 is 95.2 Å². The molecule has 292 valence electrons. The molecule has 0 aromatic heterocycles. The third kappa shape index (κ3) is 9.84. The van der Waals surface area contributed by atoms with E-state index in [1.807, 2.05) is 12.6 Å². The summed E-state index contributed by atoms with van der Waals surface area (Å²) in [6.07, 6.45) is -16.5. The normalized spacial score (nSPS) is 26.6. The Morgan fingerprint density at radius 1 is 0.640 bits per heavy atom. The largest absolute Gasteiger partial charge is 0.496 e. The number of fused-ring (bicyclic) bond motifs is 4. The lowest BCUT2D eigenvalue weighted by molar-refractivity contribution is -0.376. The van der Waals surface area contributed by atoms with Crippen molar-refractivity contribution >= 4 is 20.7 Å². The summed E-state index contributed by atoms with van der Waals surface area (Å²) in [5, 5.41) is 17.7. The molecule has 6 atom stereocenters. The third-order valence-electron chi connectivity index (χ3n) is 9.46. The molecular weight excluding hydrogens is 736 g/mol. The first-order valence-corrected chi connectivity index (χ1v) is 17.2. The lowest BCUT2D eigenvalue weighted by Crippen LogP contribution is -2.60. The van der Waals surface area contributed by atoms with Crippen LogP contribution in [-0.4, -0.2) is 101 Å². The third-order valence-corrected chi connectivity index (χ3v) is 11.7. The van der Waals surface area contributed by atoms with Gasteiger partial charge in [-0.15, -0.1) is 0 Å². The van der Waals surface area contributed by atoms with Gasteiger partial charge in [0.2, 0.25) is 0 Å². The van der Waals surface area contributed by atoms with Crippen molar-refractivity contribution in [3.63, 3.8) is 0 Å². The predicted octanol–water partition coefficient (Wildman–Crippen LogP) is 5.91. The number of allylic oxidation sites excluding steroid dienone is 2. The fourth-order valence-corrected chi connectivity index (χ4v) is 6.55. The Labute approximate surface area is 279 Å². The number of rotatable bonds is 9. The lowest BCUT2D eigenvalue weighted by atomic mass is 9.89. The number of carbonyl (C=O) groups is 2. The number of carbonyl (C=O) groups excluding carboxylic acids is 2. The highest BCUT2D eigenvalue weighted by Crippen LogP contribution is 2.50. The Morgan fingerprint density at radius 3 is 1.32 bits per heavy atom. The van der Waals surface area contributed by atoms with Gasteiger partial charge in [-0.25, -0.2) is 0 Å². The average Bonchev–Trinajstić information content (AvgIpc) is 3.83. The molecule has 4 rings (SSSR count). The molecule has 9 nitrogen and oxygen atoms in total. The quantitative estimate of drug-likeness (QED) is 0.128. The van der Waals surface area contributed by atoms with E-state index < -0.39 is 81.7 Å². The second kappa shape index (κ2) is 15.8. The fourth-order valence-electron chi connectivity index (χ4n) is 6.05. The number of halogens is 12. The minimum atomic E-state index is -5.99. The number of esters is 2. The van der Waals surface area contributed by atoms with Gasteiger partial charge in [0.15, 0.2) is 0 Å². The Balaban J connectivity index is 0.000000286. The minimum absolute atomic E-state index is 0.0348. The second-order valence-corrected chi connectivity index (χ2v) is 15.5. The standard InChI is InChI=1S/C12H14F6O3.C12H12F6O3.C4H12O3Si/c2*13-11(14,15)10(20,12(16,17)18)5-21-9(19)8-4-6-1-2-7(8)3-6;1-5-8(4,6-2)7-3/h6-8,20H,1-5H2;1-2,6-8,20H,3-5H2;1-4H3. The van der Waals surface area contributed by atoms with E-state index >= 15 is 0 Å². The maximum atomic E-state index is 12.4. The highest BCUT2D eigenvalue weighted by atomic mass is 28.4. The van der Waals surface area contributed by atoms with Crippen LogP contribution in [0.4, 0.5) is 52.7 Å². The van der Waals surface area contributed by atoms with E-state index in [-0.39, 0.29) is 23.7 Å². The number of hydrogen-bond donors (Lipinski definition) is 2. The molecular formula is C28H38F12O9Si. The van der Waals surface area contributed by atoms with E-state index in [0.717, 1.165) is 19.3 Å². The highest BCUT2D eigenvalue weighted by molar-refractivity contribution is 6.58. The molecule has 0 radical (unpaired) electrons. The Kier molecular flexibility index (Phi) is 13.9. The van der Waals surface area contributed by atoms with Gasteiger partial charge in [-0.2, -0.15) is 52.7 Å². The van der Waals surface area contributed by atoms with E-state index in [9.17, 15) is 62.3 Å². The van der Waals surface area contributed by atoms with Crippen molar-refractivity contribution in [2.45, 2.75) is 81.0 Å². The number of alkyl halides is 12. The smallest absolute Gasteiger partial charge is 0.462 e. The summed E-state index contributed by atoms with van der Waals surface area (Å²) in [4.78, 5) is 23.3. The highest BCUT2D eigenvalue weighted by Gasteiger charge is 2.72. The first kappa shape index (κ1) is 44.0. The van der Waals surface area contributed by atoms with Gasteiger partial charge in [0.05, 0.1) is 11.8 Å². The van der Waals surface area contributed by atoms with Crippen LogP contribution in [0.15, 0.2) is 12.2 Å². The zero-order valence-electron chi connectivity index (χ0n) is 27.1. The summed E-state index contributed by atoms with van der Waals surface area (Å²) in [6, 6.07) is 0. The molecule has 0 aromatic carbocycles. The molecule has 4 aliphatic rings. The maximum Gasteiger partial charge on any atom is 0.496 e. The molecule has 0 heterocycles. The van der Waals surface area contributed by atoms with Gasteiger partial charge in [-0.1, -0.05) is 18.6 Å². The van der Waals surface area contributed by atoms with E-state index in [0.29, 0.717) is 19.3 Å². The first-order chi connectivity index (χ1) is 22.6. The summed E-state index contributed by atoms with van der Waals surface area (Å²) >= 11 is 0. The molecule has 4 aliphatic carbocycles. The average molecular weight is 775 g/mol. The number of ether oxygens (including phenoxy) is 2. The van der Waals surface area contributed by atoms with E-state index in [4.69, 9.17) is 23.5 Å². The summed E-state index contributed by atoms with van der Waals surface area (Å²) in [6.45, 7) is -2.52. The van der Waals surface area contributed by atoms with Gasteiger partial charge in [0.25, 0.3) is 11.2 Å². The van der Waals surface area contributed by atoms with Crippen LogP contribution < -0.4 is 0 Å². The molecule has 0 aliphatic heterocycles. The maximum absolute atomic E-state index is 12.4. The van der Waals surface area contributed by atoms with E-state index in [2.05, 4.69) is 9.47 Å². The molecule has 3 fully saturated rings.